The van der Waals surface area contributed by atoms with Gasteiger partial charge in [0, 0.05) is 0 Å². The highest BCUT2D eigenvalue weighted by Gasteiger charge is 2.11. The first kappa shape index (κ1) is 21.3. The summed E-state index contributed by atoms with van der Waals surface area (Å²) in [6, 6.07) is 20.5. The number of fused-ring (bicyclic) bond motifs is 3. The number of thiazole rings is 1. The van der Waals surface area contributed by atoms with Crippen molar-refractivity contribution in [3.8, 4) is 17.2 Å². The second-order valence-corrected chi connectivity index (χ2v) is 8.59. The molecule has 5 rings (SSSR count). The van der Waals surface area contributed by atoms with Gasteiger partial charge in [-0.3, -0.25) is 4.79 Å². The molecule has 3 aromatic carbocycles. The van der Waals surface area contributed by atoms with Gasteiger partial charge in [0.15, 0.2) is 16.5 Å². The Bertz CT molecular complexity index is 1560. The van der Waals surface area contributed by atoms with Gasteiger partial charge >= 0.3 is 0 Å². The van der Waals surface area contributed by atoms with Gasteiger partial charge in [0.1, 0.15) is 19.0 Å². The zero-order chi connectivity index (χ0) is 22.8. The van der Waals surface area contributed by atoms with Crippen molar-refractivity contribution in [2.45, 2.75) is 0 Å². The van der Waals surface area contributed by atoms with Crippen LogP contribution in [0.2, 0.25) is 5.02 Å². The van der Waals surface area contributed by atoms with Gasteiger partial charge in [-0.05, 0) is 48.0 Å². The molecular weight excluding hydrogens is 460 g/mol. The Morgan fingerprint density at radius 2 is 1.73 bits per heavy atom. The van der Waals surface area contributed by atoms with E-state index in [0.29, 0.717) is 45.0 Å². The summed E-state index contributed by atoms with van der Waals surface area (Å²) in [5.74, 6) is 1.77. The van der Waals surface area contributed by atoms with Crippen LogP contribution in [-0.4, -0.2) is 29.7 Å². The minimum absolute atomic E-state index is 0.0836. The molecule has 0 aliphatic rings. The summed E-state index contributed by atoms with van der Waals surface area (Å²) >= 11 is 7.46. The normalized spacial score (nSPS) is 11.9. The molecule has 0 saturated carbocycles. The number of hydrogen-bond donors (Lipinski definition) is 0. The van der Waals surface area contributed by atoms with Gasteiger partial charge in [0.2, 0.25) is 0 Å². The number of methoxy groups -OCH3 is 1. The Kier molecular flexibility index (Phi) is 5.90. The van der Waals surface area contributed by atoms with Crippen LogP contribution in [0.1, 0.15) is 5.56 Å². The first-order chi connectivity index (χ1) is 16.1. The number of benzene rings is 3. The molecule has 0 fully saturated rings. The van der Waals surface area contributed by atoms with Crippen LogP contribution in [0.3, 0.4) is 0 Å². The van der Waals surface area contributed by atoms with Gasteiger partial charge in [-0.2, -0.15) is 0 Å². The number of nitrogens with zero attached hydrogens (tertiary/aromatic N) is 2. The highest BCUT2D eigenvalue weighted by molar-refractivity contribution is 7.15. The molecular formula is C25H19ClN2O4S. The van der Waals surface area contributed by atoms with E-state index in [9.17, 15) is 4.79 Å². The van der Waals surface area contributed by atoms with Crippen molar-refractivity contribution < 1.29 is 14.2 Å². The van der Waals surface area contributed by atoms with E-state index in [1.54, 1.807) is 17.6 Å². The van der Waals surface area contributed by atoms with Crippen molar-refractivity contribution in [3.63, 3.8) is 0 Å². The third-order valence-corrected chi connectivity index (χ3v) is 6.35. The number of rotatable bonds is 7. The Morgan fingerprint density at radius 1 is 0.970 bits per heavy atom. The van der Waals surface area contributed by atoms with Gasteiger partial charge in [0.25, 0.3) is 5.56 Å². The largest absolute Gasteiger partial charge is 0.493 e. The maximum Gasteiger partial charge on any atom is 0.274 e. The lowest BCUT2D eigenvalue weighted by Gasteiger charge is -2.12. The Balaban J connectivity index is 1.35. The van der Waals surface area contributed by atoms with Crippen LogP contribution < -0.4 is 24.3 Å². The molecule has 0 amide bonds. The van der Waals surface area contributed by atoms with Gasteiger partial charge in [0.05, 0.1) is 27.7 Å². The molecule has 0 aliphatic heterocycles. The van der Waals surface area contributed by atoms with E-state index in [4.69, 9.17) is 25.8 Å². The van der Waals surface area contributed by atoms with Crippen molar-refractivity contribution >= 4 is 45.0 Å². The van der Waals surface area contributed by atoms with E-state index in [1.807, 2.05) is 66.7 Å². The number of ether oxygens (including phenoxy) is 3. The predicted molar refractivity (Wildman–Crippen MR) is 131 cm³/mol. The summed E-state index contributed by atoms with van der Waals surface area (Å²) in [6.07, 6.45) is 1.84. The van der Waals surface area contributed by atoms with Crippen LogP contribution in [0.25, 0.3) is 22.1 Å². The fourth-order valence-electron chi connectivity index (χ4n) is 3.52. The van der Waals surface area contributed by atoms with Crippen molar-refractivity contribution in [1.29, 1.82) is 0 Å². The predicted octanol–water partition coefficient (Wildman–Crippen LogP) is 4.58. The number of para-hydroxylation sites is 3. The average molecular weight is 479 g/mol. The van der Waals surface area contributed by atoms with Crippen molar-refractivity contribution in [2.24, 2.45) is 0 Å². The second-order valence-electron chi connectivity index (χ2n) is 7.17. The van der Waals surface area contributed by atoms with E-state index < -0.39 is 0 Å². The molecule has 0 aliphatic carbocycles. The minimum Gasteiger partial charge on any atom is -0.493 e. The monoisotopic (exact) mass is 478 g/mol. The quantitative estimate of drug-likeness (QED) is 0.320. The first-order valence-corrected chi connectivity index (χ1v) is 11.4. The summed E-state index contributed by atoms with van der Waals surface area (Å²) in [5, 5.41) is 0.557. The third kappa shape index (κ3) is 4.25. The van der Waals surface area contributed by atoms with Crippen molar-refractivity contribution in [2.75, 3.05) is 20.3 Å². The first-order valence-electron chi connectivity index (χ1n) is 10.2. The molecule has 0 unspecified atom stereocenters. The fraction of sp³-hybridized carbons (Fsp3) is 0.120. The van der Waals surface area contributed by atoms with Crippen LogP contribution in [0.4, 0.5) is 0 Å². The Morgan fingerprint density at radius 3 is 2.55 bits per heavy atom. The smallest absolute Gasteiger partial charge is 0.274 e. The second kappa shape index (κ2) is 9.13. The molecule has 8 heteroatoms. The van der Waals surface area contributed by atoms with E-state index in [1.165, 1.54) is 11.3 Å². The highest BCUT2D eigenvalue weighted by Crippen LogP contribution is 2.29. The lowest BCUT2D eigenvalue weighted by molar-refractivity contribution is 0.211. The molecule has 0 saturated heterocycles. The number of halogens is 1. The topological polar surface area (TPSA) is 62.1 Å². The molecule has 6 nitrogen and oxygen atoms in total. The van der Waals surface area contributed by atoms with E-state index in [-0.39, 0.29) is 5.56 Å². The summed E-state index contributed by atoms with van der Waals surface area (Å²) in [4.78, 5) is 18.2. The molecule has 0 radical (unpaired) electrons. The molecule has 166 valence electrons. The lowest BCUT2D eigenvalue weighted by Crippen LogP contribution is -2.22. The minimum atomic E-state index is -0.0836. The lowest BCUT2D eigenvalue weighted by atomic mass is 10.2. The standard InChI is InChI=1S/C25H19ClN2O4S/c1-30-22-14-16(10-11-21(22)32-13-12-31-20-9-5-2-6-17(20)26)15-23-24(29)28-19-8-4-3-7-18(19)27-25(28)33-23/h2-11,14-15H,12-13H2,1H3. The molecule has 0 bridgehead atoms. The molecule has 33 heavy (non-hydrogen) atoms. The van der Waals surface area contributed by atoms with Gasteiger partial charge in [-0.1, -0.05) is 53.3 Å². The zero-order valence-electron chi connectivity index (χ0n) is 17.7. The van der Waals surface area contributed by atoms with E-state index in [2.05, 4.69) is 4.98 Å². The molecule has 0 atom stereocenters. The Labute approximate surface area is 198 Å². The zero-order valence-corrected chi connectivity index (χ0v) is 19.2. The molecule has 0 spiro atoms. The molecule has 0 N–H and O–H groups in total. The molecule has 2 heterocycles. The fourth-order valence-corrected chi connectivity index (χ4v) is 4.70. The van der Waals surface area contributed by atoms with E-state index in [0.717, 1.165) is 16.6 Å². The molecule has 2 aromatic heterocycles. The maximum atomic E-state index is 13.0. The summed E-state index contributed by atoms with van der Waals surface area (Å²) < 4.78 is 19.2. The SMILES string of the molecule is COc1cc(C=c2sc3nc4ccccc4n3c2=O)ccc1OCCOc1ccccc1Cl. The summed E-state index contributed by atoms with van der Waals surface area (Å²) in [6.45, 7) is 0.661. The number of hydrogen-bond acceptors (Lipinski definition) is 6. The van der Waals surface area contributed by atoms with Crippen molar-refractivity contribution in [1.82, 2.24) is 9.38 Å². The average Bonchev–Trinajstić information content (AvgIpc) is 3.34. The van der Waals surface area contributed by atoms with E-state index >= 15 is 0 Å². The van der Waals surface area contributed by atoms with Crippen LogP contribution in [0.5, 0.6) is 17.2 Å². The maximum absolute atomic E-state index is 13.0. The van der Waals surface area contributed by atoms with Crippen LogP contribution >= 0.6 is 22.9 Å². The number of aromatic nitrogens is 2. The van der Waals surface area contributed by atoms with Gasteiger partial charge < -0.3 is 14.2 Å². The van der Waals surface area contributed by atoms with Crippen LogP contribution in [-0.2, 0) is 0 Å². The number of imidazole rings is 1. The van der Waals surface area contributed by atoms with Crippen molar-refractivity contribution in [3.05, 3.63) is 92.2 Å². The van der Waals surface area contributed by atoms with Crippen LogP contribution in [0.15, 0.2) is 71.5 Å². The Hall–Kier alpha value is -3.55. The molecule has 5 aromatic rings. The third-order valence-electron chi connectivity index (χ3n) is 5.07. The van der Waals surface area contributed by atoms with Gasteiger partial charge in [-0.25, -0.2) is 9.38 Å². The highest BCUT2D eigenvalue weighted by atomic mass is 35.5. The summed E-state index contributed by atoms with van der Waals surface area (Å²) in [7, 11) is 1.58. The summed E-state index contributed by atoms with van der Waals surface area (Å²) in [5.41, 5.74) is 2.37. The van der Waals surface area contributed by atoms with Crippen LogP contribution in [0, 0.1) is 0 Å². The van der Waals surface area contributed by atoms with Gasteiger partial charge in [-0.15, -0.1) is 0 Å².